The Morgan fingerprint density at radius 1 is 1.25 bits per heavy atom. The van der Waals surface area contributed by atoms with Crippen molar-refractivity contribution in [3.05, 3.63) is 0 Å². The van der Waals surface area contributed by atoms with E-state index in [0.29, 0.717) is 11.8 Å². The van der Waals surface area contributed by atoms with Crippen LogP contribution in [0.2, 0.25) is 0 Å². The summed E-state index contributed by atoms with van der Waals surface area (Å²) < 4.78 is 0. The molecule has 0 aliphatic carbocycles. The number of piperidine rings is 1. The van der Waals surface area contributed by atoms with E-state index in [1.165, 1.54) is 0 Å². The van der Waals surface area contributed by atoms with Crippen LogP contribution in [0.15, 0.2) is 0 Å². The molecule has 0 spiro atoms. The second kappa shape index (κ2) is 6.13. The highest BCUT2D eigenvalue weighted by Crippen LogP contribution is 2.21. The zero-order chi connectivity index (χ0) is 12.1. The van der Waals surface area contributed by atoms with Gasteiger partial charge in [0.05, 0.1) is 11.7 Å². The van der Waals surface area contributed by atoms with Crippen molar-refractivity contribution in [3.8, 4) is 0 Å². The van der Waals surface area contributed by atoms with Crippen molar-refractivity contribution >= 4 is 23.6 Å². The summed E-state index contributed by atoms with van der Waals surface area (Å²) in [6, 6.07) is 0. The van der Waals surface area contributed by atoms with Gasteiger partial charge in [-0.2, -0.15) is 0 Å². The minimum atomic E-state index is -1.11. The van der Waals surface area contributed by atoms with Gasteiger partial charge < -0.3 is 14.8 Å². The molecule has 1 aliphatic rings. The van der Waals surface area contributed by atoms with E-state index in [2.05, 4.69) is 13.8 Å². The quantitative estimate of drug-likeness (QED) is 0.697. The van der Waals surface area contributed by atoms with Crippen LogP contribution >= 0.6 is 11.8 Å². The molecule has 0 saturated carbocycles. The molecule has 1 heterocycles. The minimum Gasteiger partial charge on any atom is -0.549 e. The lowest BCUT2D eigenvalue weighted by atomic mass is 9.92. The molecule has 5 heteroatoms. The number of carbonyl (C=O) groups excluding carboxylic acids is 2. The number of likely N-dealkylation sites (tertiary alicyclic amines) is 1. The molecular formula is C11H18NO3S-. The number of carboxylic acid groups (broad SMARTS) is 1. The molecule has 92 valence electrons. The number of nitrogens with zero attached hydrogens (tertiary/aromatic N) is 1. The maximum absolute atomic E-state index is 11.8. The van der Waals surface area contributed by atoms with Gasteiger partial charge in [-0.15, -0.1) is 11.8 Å². The number of hydrogen-bond acceptors (Lipinski definition) is 4. The number of carbonyl (C=O) groups is 2. The van der Waals surface area contributed by atoms with Crippen LogP contribution in [0.3, 0.4) is 0 Å². The Bertz CT molecular complexity index is 260. The lowest BCUT2D eigenvalue weighted by molar-refractivity contribution is -0.301. The van der Waals surface area contributed by atoms with E-state index < -0.39 is 5.97 Å². The fraction of sp³-hybridized carbons (Fsp3) is 0.818. The van der Waals surface area contributed by atoms with Crippen molar-refractivity contribution in [2.45, 2.75) is 20.3 Å². The highest BCUT2D eigenvalue weighted by Gasteiger charge is 2.24. The first-order valence-electron chi connectivity index (χ1n) is 5.54. The summed E-state index contributed by atoms with van der Waals surface area (Å²) in [6.45, 7) is 5.89. The van der Waals surface area contributed by atoms with E-state index in [0.717, 1.165) is 31.3 Å². The molecule has 1 fully saturated rings. The first-order valence-corrected chi connectivity index (χ1v) is 6.70. The second-order valence-electron chi connectivity index (χ2n) is 4.61. The Morgan fingerprint density at radius 3 is 2.31 bits per heavy atom. The standard InChI is InChI=1S/C11H19NO3S/c1-8-3-9(2)5-12(4-8)10(13)6-16-7-11(14)15/h8-9H,3-7H2,1-2H3,(H,14,15)/p-1/t8-,9-/m0/s1. The molecule has 0 bridgehead atoms. The molecule has 16 heavy (non-hydrogen) atoms. The monoisotopic (exact) mass is 244 g/mol. The zero-order valence-corrected chi connectivity index (χ0v) is 10.6. The Balaban J connectivity index is 2.32. The van der Waals surface area contributed by atoms with Gasteiger partial charge in [0.25, 0.3) is 0 Å². The highest BCUT2D eigenvalue weighted by molar-refractivity contribution is 8.00. The van der Waals surface area contributed by atoms with Gasteiger partial charge in [-0.3, -0.25) is 4.79 Å². The minimum absolute atomic E-state index is 0.0460. The van der Waals surface area contributed by atoms with Gasteiger partial charge in [-0.1, -0.05) is 13.8 Å². The number of hydrogen-bond donors (Lipinski definition) is 0. The molecule has 1 aliphatic heterocycles. The lowest BCUT2D eigenvalue weighted by Gasteiger charge is -2.35. The Labute approximate surface area is 100 Å². The molecule has 1 amide bonds. The maximum atomic E-state index is 11.8. The molecule has 0 N–H and O–H groups in total. The van der Waals surface area contributed by atoms with E-state index in [1.54, 1.807) is 0 Å². The number of aliphatic carboxylic acids is 1. The van der Waals surface area contributed by atoms with Crippen LogP contribution in [-0.2, 0) is 9.59 Å². The summed E-state index contributed by atoms with van der Waals surface area (Å²) in [5.74, 6) is 0.151. The predicted molar refractivity (Wildman–Crippen MR) is 61.9 cm³/mol. The second-order valence-corrected chi connectivity index (χ2v) is 5.60. The van der Waals surface area contributed by atoms with Crippen LogP contribution in [0.5, 0.6) is 0 Å². The zero-order valence-electron chi connectivity index (χ0n) is 9.77. The predicted octanol–water partition coefficient (Wildman–Crippen LogP) is -0.0260. The van der Waals surface area contributed by atoms with Crippen LogP contribution in [0.4, 0.5) is 0 Å². The van der Waals surface area contributed by atoms with Gasteiger partial charge >= 0.3 is 0 Å². The Kier molecular flexibility index (Phi) is 5.12. The fourth-order valence-electron chi connectivity index (χ4n) is 2.18. The van der Waals surface area contributed by atoms with Crippen molar-refractivity contribution in [2.75, 3.05) is 24.6 Å². The lowest BCUT2D eigenvalue weighted by Crippen LogP contribution is -2.43. The average molecular weight is 244 g/mol. The van der Waals surface area contributed by atoms with Gasteiger partial charge in [-0.25, -0.2) is 0 Å². The smallest absolute Gasteiger partial charge is 0.232 e. The molecule has 1 saturated heterocycles. The summed E-state index contributed by atoms with van der Waals surface area (Å²) in [4.78, 5) is 23.8. The SMILES string of the molecule is C[C@H]1C[C@H](C)CN(C(=O)CSCC(=O)[O-])C1. The summed E-state index contributed by atoms with van der Waals surface area (Å²) in [6.07, 6.45) is 1.16. The van der Waals surface area contributed by atoms with Gasteiger partial charge in [-0.05, 0) is 18.3 Å². The van der Waals surface area contributed by atoms with Gasteiger partial charge in [0, 0.05) is 18.8 Å². The van der Waals surface area contributed by atoms with Gasteiger partial charge in [0.1, 0.15) is 0 Å². The topological polar surface area (TPSA) is 60.4 Å². The number of carboxylic acids is 1. The van der Waals surface area contributed by atoms with Crippen LogP contribution in [0, 0.1) is 11.8 Å². The largest absolute Gasteiger partial charge is 0.549 e. The highest BCUT2D eigenvalue weighted by atomic mass is 32.2. The third kappa shape index (κ3) is 4.43. The van der Waals surface area contributed by atoms with Crippen molar-refractivity contribution < 1.29 is 14.7 Å². The summed E-state index contributed by atoms with van der Waals surface area (Å²) in [7, 11) is 0. The summed E-state index contributed by atoms with van der Waals surface area (Å²) >= 11 is 1.11. The van der Waals surface area contributed by atoms with E-state index in [9.17, 15) is 14.7 Å². The van der Waals surface area contributed by atoms with Crippen LogP contribution in [0.1, 0.15) is 20.3 Å². The molecular weight excluding hydrogens is 226 g/mol. The van der Waals surface area contributed by atoms with Crippen LogP contribution < -0.4 is 5.11 Å². The third-order valence-electron chi connectivity index (χ3n) is 2.67. The van der Waals surface area contributed by atoms with Crippen LogP contribution in [0.25, 0.3) is 0 Å². The first kappa shape index (κ1) is 13.4. The molecule has 0 unspecified atom stereocenters. The van der Waals surface area contributed by atoms with Crippen molar-refractivity contribution in [1.29, 1.82) is 0 Å². The van der Waals surface area contributed by atoms with Gasteiger partial charge in [0.2, 0.25) is 5.91 Å². The maximum Gasteiger partial charge on any atom is 0.232 e. The summed E-state index contributed by atoms with van der Waals surface area (Å²) in [5, 5.41) is 10.2. The van der Waals surface area contributed by atoms with Crippen LogP contribution in [-0.4, -0.2) is 41.4 Å². The van der Waals surface area contributed by atoms with Crippen molar-refractivity contribution in [2.24, 2.45) is 11.8 Å². The number of amides is 1. The first-order chi connectivity index (χ1) is 7.49. The van der Waals surface area contributed by atoms with E-state index >= 15 is 0 Å². The number of thioether (sulfide) groups is 1. The molecule has 1 rings (SSSR count). The molecule has 0 radical (unpaired) electrons. The van der Waals surface area contributed by atoms with Gasteiger partial charge in [0.15, 0.2) is 0 Å². The molecule has 2 atom stereocenters. The van der Waals surface area contributed by atoms with Crippen molar-refractivity contribution in [1.82, 2.24) is 4.90 Å². The Hall–Kier alpha value is -0.710. The fourth-order valence-corrected chi connectivity index (χ4v) is 2.81. The molecule has 0 aromatic rings. The van der Waals surface area contributed by atoms with E-state index in [1.807, 2.05) is 4.90 Å². The molecule has 4 nitrogen and oxygen atoms in total. The van der Waals surface area contributed by atoms with Crippen molar-refractivity contribution in [3.63, 3.8) is 0 Å². The summed E-state index contributed by atoms with van der Waals surface area (Å²) in [5.41, 5.74) is 0. The average Bonchev–Trinajstić information content (AvgIpc) is 2.15. The third-order valence-corrected chi connectivity index (χ3v) is 3.56. The molecule has 0 aromatic heterocycles. The van der Waals surface area contributed by atoms with E-state index in [-0.39, 0.29) is 17.4 Å². The molecule has 0 aromatic carbocycles. The number of rotatable bonds is 4. The Morgan fingerprint density at radius 2 is 1.81 bits per heavy atom. The normalized spacial score (nSPS) is 25.5. The van der Waals surface area contributed by atoms with E-state index in [4.69, 9.17) is 0 Å².